The molecule has 0 atom stereocenters. The molecule has 0 bridgehead atoms. The first-order valence-electron chi connectivity index (χ1n) is 2.25. The van der Waals surface area contributed by atoms with Crippen LogP contribution in [0.25, 0.3) is 0 Å². The van der Waals surface area contributed by atoms with Gasteiger partial charge in [-0.05, 0) is 6.42 Å². The first-order chi connectivity index (χ1) is 2.91. The molecule has 0 aromatic heterocycles. The molecule has 0 rings (SSSR count). The molecular weight excluding hydrogens is 349 g/mol. The Kier molecular flexibility index (Phi) is 16.6. The topological polar surface area (TPSA) is 12.0 Å². The van der Waals surface area contributed by atoms with Crippen molar-refractivity contribution in [3.05, 3.63) is 0 Å². The molecule has 0 saturated heterocycles. The summed E-state index contributed by atoms with van der Waals surface area (Å²) in [6.07, 6.45) is 2.52. The zero-order valence-corrected chi connectivity index (χ0v) is 11.8. The van der Waals surface area contributed by atoms with Gasteiger partial charge >= 0.3 is 27.3 Å². The third kappa shape index (κ3) is 11.1. The molecule has 0 saturated carbocycles. The number of unbranched alkanes of at least 4 members (excludes halogenated alkanes) is 1. The van der Waals surface area contributed by atoms with Gasteiger partial charge in [0.25, 0.3) is 0 Å². The molecule has 0 aliphatic rings. The molecule has 0 aliphatic carbocycles. The molecular formula is C4H12BrNPb. The summed E-state index contributed by atoms with van der Waals surface area (Å²) in [5.41, 5.74) is 0. The van der Waals surface area contributed by atoms with Crippen LogP contribution >= 0.6 is 16.1 Å². The van der Waals surface area contributed by atoms with Crippen molar-refractivity contribution in [2.75, 3.05) is 6.54 Å². The molecule has 0 spiro atoms. The quantitative estimate of drug-likeness (QED) is 0.445. The molecule has 0 aromatic carbocycles. The van der Waals surface area contributed by atoms with E-state index < -0.39 is 0 Å². The average Bonchev–Trinajstić information content (AvgIpc) is 1.61. The van der Waals surface area contributed by atoms with Crippen molar-refractivity contribution in [2.45, 2.75) is 19.8 Å². The van der Waals surface area contributed by atoms with Crippen LogP contribution in [0.3, 0.4) is 0 Å². The number of hydrogen-bond acceptors (Lipinski definition) is 1. The summed E-state index contributed by atoms with van der Waals surface area (Å²) in [7, 11) is 0. The number of halogens is 1. The van der Waals surface area contributed by atoms with E-state index in [4.69, 9.17) is 0 Å². The van der Waals surface area contributed by atoms with Crippen LogP contribution in [0.4, 0.5) is 0 Å². The zero-order valence-electron chi connectivity index (χ0n) is 4.71. The van der Waals surface area contributed by atoms with E-state index in [1.807, 2.05) is 0 Å². The fraction of sp³-hybridized carbons (Fsp3) is 1.00. The van der Waals surface area contributed by atoms with Crippen molar-refractivity contribution in [1.29, 1.82) is 0 Å². The second kappa shape index (κ2) is 10.4. The monoisotopic (exact) mass is 361 g/mol. The Labute approximate surface area is 73.7 Å². The molecule has 44 valence electrons. The number of hydrogen-bond donors (Lipinski definition) is 1. The van der Waals surface area contributed by atoms with Crippen molar-refractivity contribution in [3.63, 3.8) is 0 Å². The van der Waals surface area contributed by atoms with Gasteiger partial charge in [-0.2, -0.15) is 0 Å². The van der Waals surface area contributed by atoms with Crippen LogP contribution in [0.15, 0.2) is 0 Å². The predicted molar refractivity (Wildman–Crippen MR) is 40.4 cm³/mol. The van der Waals surface area contributed by atoms with Crippen molar-refractivity contribution in [2.24, 2.45) is 0 Å². The van der Waals surface area contributed by atoms with Crippen molar-refractivity contribution in [3.8, 4) is 0 Å². The molecule has 0 heterocycles. The minimum atomic E-state index is 0. The molecule has 0 unspecified atom stereocenters. The van der Waals surface area contributed by atoms with Crippen LogP contribution in [0.5, 0.6) is 0 Å². The van der Waals surface area contributed by atoms with Gasteiger partial charge in [0.1, 0.15) is 0 Å². The molecule has 7 heavy (non-hydrogen) atoms. The van der Waals surface area contributed by atoms with Gasteiger partial charge in [0.05, 0.1) is 0 Å². The predicted octanol–water partition coefficient (Wildman–Crippen LogP) is 0.770. The Morgan fingerprint density at radius 2 is 2.14 bits per heavy atom. The van der Waals surface area contributed by atoms with Crippen LogP contribution in [0.2, 0.25) is 0 Å². The maximum atomic E-state index is 3.10. The van der Waals surface area contributed by atoms with Crippen molar-refractivity contribution < 1.29 is 0 Å². The van der Waals surface area contributed by atoms with E-state index in [-0.39, 0.29) is 27.3 Å². The molecule has 0 amide bonds. The van der Waals surface area contributed by atoms with E-state index in [2.05, 4.69) is 27.4 Å². The van der Waals surface area contributed by atoms with Crippen LogP contribution in [-0.2, 0) is 0 Å². The Hall–Kier alpha value is 1.36. The first kappa shape index (κ1) is 11.2. The Morgan fingerprint density at radius 3 is 2.29 bits per heavy atom. The molecule has 1 N–H and O–H groups in total. The Bertz CT molecular complexity index is 23.7. The molecule has 0 aromatic rings. The van der Waals surface area contributed by atoms with Gasteiger partial charge < -0.3 is 0 Å². The third-order valence-electron chi connectivity index (χ3n) is 0.625. The number of nitrogens with one attached hydrogen (secondary N) is 1. The number of rotatable bonds is 3. The van der Waals surface area contributed by atoms with E-state index >= 15 is 0 Å². The fourth-order valence-electron chi connectivity index (χ4n) is 0.244. The minimum absolute atomic E-state index is 0. The van der Waals surface area contributed by atoms with Gasteiger partial charge in [0.15, 0.2) is 0 Å². The van der Waals surface area contributed by atoms with Crippen LogP contribution in [0, 0.1) is 0 Å². The average molecular weight is 361 g/mol. The van der Waals surface area contributed by atoms with E-state index in [1.54, 1.807) is 0 Å². The van der Waals surface area contributed by atoms with E-state index in [9.17, 15) is 0 Å². The molecule has 0 fully saturated rings. The zero-order chi connectivity index (χ0) is 4.83. The summed E-state index contributed by atoms with van der Waals surface area (Å²) < 4.78 is 2.88. The normalized spacial score (nSPS) is 7.71. The Morgan fingerprint density at radius 1 is 1.57 bits per heavy atom. The fourth-order valence-corrected chi connectivity index (χ4v) is 0.524. The summed E-state index contributed by atoms with van der Waals surface area (Å²) in [6, 6.07) is 0. The Balaban J connectivity index is 0. The van der Waals surface area contributed by atoms with Gasteiger partial charge in [-0.25, -0.2) is 0 Å². The molecule has 3 heteroatoms. The first-order valence-corrected chi connectivity index (χ1v) is 3.04. The summed E-state index contributed by atoms with van der Waals surface area (Å²) in [4.78, 5) is 0. The summed E-state index contributed by atoms with van der Waals surface area (Å²) >= 11 is 3.10. The van der Waals surface area contributed by atoms with Gasteiger partial charge in [0, 0.05) is 22.7 Å². The van der Waals surface area contributed by atoms with E-state index in [0.29, 0.717) is 0 Å². The molecule has 2 radical (unpaired) electrons. The van der Waals surface area contributed by atoms with E-state index in [0.717, 1.165) is 6.54 Å². The molecule has 1 nitrogen and oxygen atoms in total. The van der Waals surface area contributed by atoms with Gasteiger partial charge in [0.2, 0.25) is 0 Å². The van der Waals surface area contributed by atoms with Crippen LogP contribution < -0.4 is 4.34 Å². The van der Waals surface area contributed by atoms with Crippen molar-refractivity contribution in [1.82, 2.24) is 4.34 Å². The van der Waals surface area contributed by atoms with Gasteiger partial charge in [-0.3, -0.25) is 4.34 Å². The van der Waals surface area contributed by atoms with E-state index in [1.165, 1.54) is 12.8 Å². The van der Waals surface area contributed by atoms with Gasteiger partial charge in [-0.15, -0.1) is 0 Å². The SMILES string of the molecule is CCCCNBr.[PbH2]. The second-order valence-electron chi connectivity index (χ2n) is 1.24. The maximum absolute atomic E-state index is 3.10. The van der Waals surface area contributed by atoms with Crippen LogP contribution in [0.1, 0.15) is 19.8 Å². The summed E-state index contributed by atoms with van der Waals surface area (Å²) in [6.45, 7) is 3.25. The summed E-state index contributed by atoms with van der Waals surface area (Å²) in [5, 5.41) is 0. The third-order valence-corrected chi connectivity index (χ3v) is 1.02. The molecule has 0 aliphatic heterocycles. The van der Waals surface area contributed by atoms with Crippen LogP contribution in [-0.4, -0.2) is 33.8 Å². The van der Waals surface area contributed by atoms with Gasteiger partial charge in [-0.1, -0.05) is 13.3 Å². The summed E-state index contributed by atoms with van der Waals surface area (Å²) in [5.74, 6) is 0. The standard InChI is InChI=1S/C4H10BrN.Pb.2H/c1-2-3-4-6-5;;;/h6H,2-4H2,1H3;;;. The second-order valence-corrected chi connectivity index (χ2v) is 1.80. The van der Waals surface area contributed by atoms with Crippen molar-refractivity contribution >= 4 is 43.4 Å².